The van der Waals surface area contributed by atoms with Crippen molar-refractivity contribution in [1.29, 1.82) is 0 Å². The summed E-state index contributed by atoms with van der Waals surface area (Å²) < 4.78 is 14.5. The standard InChI is InChI=1S/C21H22BrClFNO/c1-20(2,14-7-6-8-15(23)11-14)25-13-21(3,12-22)18(19(25)26)16-9-4-5-10-17(16)24/h4-11,18H,12-13H2,1-3H3. The minimum Gasteiger partial charge on any atom is -0.332 e. The van der Waals surface area contributed by atoms with Crippen molar-refractivity contribution in [2.75, 3.05) is 11.9 Å². The third-order valence-electron chi connectivity index (χ3n) is 5.46. The van der Waals surface area contributed by atoms with Crippen LogP contribution in [0.4, 0.5) is 4.39 Å². The lowest BCUT2D eigenvalue weighted by molar-refractivity contribution is -0.133. The number of hydrogen-bond donors (Lipinski definition) is 0. The number of carbonyl (C=O) groups is 1. The molecular weight excluding hydrogens is 417 g/mol. The number of hydrogen-bond acceptors (Lipinski definition) is 1. The molecule has 2 unspecified atom stereocenters. The van der Waals surface area contributed by atoms with Crippen molar-refractivity contribution >= 4 is 33.4 Å². The molecule has 5 heteroatoms. The Morgan fingerprint density at radius 3 is 2.58 bits per heavy atom. The van der Waals surface area contributed by atoms with Crippen LogP contribution in [-0.4, -0.2) is 22.7 Å². The fourth-order valence-corrected chi connectivity index (χ4v) is 4.51. The molecule has 0 spiro atoms. The minimum atomic E-state index is -0.550. The van der Waals surface area contributed by atoms with E-state index in [1.165, 1.54) is 6.07 Å². The van der Waals surface area contributed by atoms with E-state index in [9.17, 15) is 9.18 Å². The number of benzene rings is 2. The normalized spacial score (nSPS) is 23.5. The van der Waals surface area contributed by atoms with E-state index >= 15 is 0 Å². The highest BCUT2D eigenvalue weighted by Crippen LogP contribution is 2.49. The molecule has 1 aliphatic heterocycles. The number of amides is 1. The van der Waals surface area contributed by atoms with E-state index in [1.54, 1.807) is 18.2 Å². The van der Waals surface area contributed by atoms with Crippen LogP contribution in [0.2, 0.25) is 5.02 Å². The molecule has 0 aromatic heterocycles. The Bertz CT molecular complexity index is 840. The van der Waals surface area contributed by atoms with Gasteiger partial charge in [0.2, 0.25) is 5.91 Å². The van der Waals surface area contributed by atoms with Crippen molar-refractivity contribution in [3.05, 3.63) is 70.5 Å². The van der Waals surface area contributed by atoms with Gasteiger partial charge in [0.1, 0.15) is 5.82 Å². The number of nitrogens with zero attached hydrogens (tertiary/aromatic N) is 1. The first-order chi connectivity index (χ1) is 12.2. The summed E-state index contributed by atoms with van der Waals surface area (Å²) in [5.41, 5.74) is 0.467. The van der Waals surface area contributed by atoms with Crippen molar-refractivity contribution in [3.8, 4) is 0 Å². The van der Waals surface area contributed by atoms with Gasteiger partial charge in [0.25, 0.3) is 0 Å². The first kappa shape index (κ1) is 19.4. The maximum atomic E-state index is 14.5. The lowest BCUT2D eigenvalue weighted by atomic mass is 9.77. The van der Waals surface area contributed by atoms with Gasteiger partial charge in [0, 0.05) is 27.9 Å². The minimum absolute atomic E-state index is 0.0537. The van der Waals surface area contributed by atoms with Crippen LogP contribution < -0.4 is 0 Å². The van der Waals surface area contributed by atoms with E-state index in [-0.39, 0.29) is 11.7 Å². The summed E-state index contributed by atoms with van der Waals surface area (Å²) in [4.78, 5) is 15.3. The highest BCUT2D eigenvalue weighted by molar-refractivity contribution is 9.09. The molecule has 0 aliphatic carbocycles. The maximum Gasteiger partial charge on any atom is 0.231 e. The van der Waals surface area contributed by atoms with Gasteiger partial charge in [-0.2, -0.15) is 0 Å². The molecule has 2 aromatic rings. The van der Waals surface area contributed by atoms with E-state index in [1.807, 2.05) is 49.9 Å². The van der Waals surface area contributed by atoms with Gasteiger partial charge >= 0.3 is 0 Å². The average molecular weight is 439 g/mol. The van der Waals surface area contributed by atoms with E-state index in [2.05, 4.69) is 15.9 Å². The molecule has 0 saturated carbocycles. The van der Waals surface area contributed by atoms with Crippen molar-refractivity contribution in [2.24, 2.45) is 5.41 Å². The first-order valence-electron chi connectivity index (χ1n) is 8.58. The van der Waals surface area contributed by atoms with Gasteiger partial charge < -0.3 is 4.90 Å². The largest absolute Gasteiger partial charge is 0.332 e. The van der Waals surface area contributed by atoms with Crippen LogP contribution in [0.5, 0.6) is 0 Å². The lowest BCUT2D eigenvalue weighted by Gasteiger charge is -2.37. The summed E-state index contributed by atoms with van der Waals surface area (Å²) >= 11 is 9.72. The summed E-state index contributed by atoms with van der Waals surface area (Å²) in [7, 11) is 0. The second kappa shape index (κ2) is 6.97. The van der Waals surface area contributed by atoms with Gasteiger partial charge in [-0.25, -0.2) is 4.39 Å². The summed E-state index contributed by atoms with van der Waals surface area (Å²) in [6.45, 7) is 6.59. The van der Waals surface area contributed by atoms with Crippen LogP contribution >= 0.6 is 27.5 Å². The number of alkyl halides is 1. The van der Waals surface area contributed by atoms with E-state index in [0.29, 0.717) is 22.5 Å². The summed E-state index contributed by atoms with van der Waals surface area (Å²) in [6.07, 6.45) is 0. The Hall–Kier alpha value is -1.39. The smallest absolute Gasteiger partial charge is 0.231 e. The molecule has 0 N–H and O–H groups in total. The molecule has 2 aromatic carbocycles. The van der Waals surface area contributed by atoms with Gasteiger partial charge in [-0.3, -0.25) is 4.79 Å². The lowest BCUT2D eigenvalue weighted by Crippen LogP contribution is -2.43. The number of likely N-dealkylation sites (tertiary alicyclic amines) is 1. The van der Waals surface area contributed by atoms with Crippen LogP contribution in [0, 0.1) is 11.2 Å². The highest BCUT2D eigenvalue weighted by atomic mass is 79.9. The topological polar surface area (TPSA) is 20.3 Å². The summed E-state index contributed by atoms with van der Waals surface area (Å²) in [5, 5.41) is 1.24. The van der Waals surface area contributed by atoms with Crippen LogP contribution in [0.25, 0.3) is 0 Å². The fourth-order valence-electron chi connectivity index (χ4n) is 3.82. The molecule has 138 valence electrons. The molecule has 2 nitrogen and oxygen atoms in total. The maximum absolute atomic E-state index is 14.5. The molecule has 1 fully saturated rings. The van der Waals surface area contributed by atoms with Crippen LogP contribution in [-0.2, 0) is 10.3 Å². The van der Waals surface area contributed by atoms with Gasteiger partial charge in [-0.05, 0) is 37.6 Å². The summed E-state index contributed by atoms with van der Waals surface area (Å²) in [5.74, 6) is -0.913. The van der Waals surface area contributed by atoms with Gasteiger partial charge in [0.15, 0.2) is 0 Å². The Kier molecular flexibility index (Phi) is 5.19. The highest BCUT2D eigenvalue weighted by Gasteiger charge is 2.53. The molecule has 3 rings (SSSR count). The number of halogens is 3. The Morgan fingerprint density at radius 2 is 1.96 bits per heavy atom. The van der Waals surface area contributed by atoms with E-state index in [0.717, 1.165) is 5.56 Å². The molecule has 1 amide bonds. The molecular formula is C21H22BrClFNO. The molecule has 1 aliphatic rings. The van der Waals surface area contributed by atoms with Crippen molar-refractivity contribution in [2.45, 2.75) is 32.2 Å². The Morgan fingerprint density at radius 1 is 1.27 bits per heavy atom. The van der Waals surface area contributed by atoms with E-state index < -0.39 is 16.9 Å². The summed E-state index contributed by atoms with van der Waals surface area (Å²) in [6, 6.07) is 14.1. The van der Waals surface area contributed by atoms with Gasteiger partial charge in [-0.15, -0.1) is 0 Å². The van der Waals surface area contributed by atoms with Gasteiger partial charge in [0.05, 0.1) is 11.5 Å². The quantitative estimate of drug-likeness (QED) is 0.557. The Labute approximate surface area is 167 Å². The number of carbonyl (C=O) groups excluding carboxylic acids is 1. The molecule has 0 bridgehead atoms. The zero-order valence-electron chi connectivity index (χ0n) is 15.1. The monoisotopic (exact) mass is 437 g/mol. The molecule has 2 atom stereocenters. The number of rotatable bonds is 4. The predicted molar refractivity (Wildman–Crippen MR) is 107 cm³/mol. The predicted octanol–water partition coefficient (Wildman–Crippen LogP) is 5.74. The molecule has 1 saturated heterocycles. The average Bonchev–Trinajstić information content (AvgIpc) is 2.88. The van der Waals surface area contributed by atoms with Crippen molar-refractivity contribution < 1.29 is 9.18 Å². The van der Waals surface area contributed by atoms with Gasteiger partial charge in [-0.1, -0.05) is 64.8 Å². The zero-order valence-corrected chi connectivity index (χ0v) is 17.4. The van der Waals surface area contributed by atoms with Crippen molar-refractivity contribution in [1.82, 2.24) is 4.90 Å². The van der Waals surface area contributed by atoms with Crippen LogP contribution in [0.3, 0.4) is 0 Å². The van der Waals surface area contributed by atoms with Crippen LogP contribution in [0.15, 0.2) is 48.5 Å². The SMILES string of the molecule is CC1(CBr)CN(C(C)(C)c2cccc(Cl)c2)C(=O)C1c1ccccc1F. The first-order valence-corrected chi connectivity index (χ1v) is 10.1. The van der Waals surface area contributed by atoms with Crippen LogP contribution in [0.1, 0.15) is 37.8 Å². The van der Waals surface area contributed by atoms with E-state index in [4.69, 9.17) is 11.6 Å². The molecule has 26 heavy (non-hydrogen) atoms. The third kappa shape index (κ3) is 3.18. The second-order valence-electron chi connectivity index (χ2n) is 7.74. The molecule has 1 heterocycles. The Balaban J connectivity index is 2.06. The van der Waals surface area contributed by atoms with Crippen molar-refractivity contribution in [3.63, 3.8) is 0 Å². The zero-order chi connectivity index (χ0) is 19.1. The molecule has 0 radical (unpaired) electrons. The second-order valence-corrected chi connectivity index (χ2v) is 8.73. The third-order valence-corrected chi connectivity index (χ3v) is 6.97. The fraction of sp³-hybridized carbons (Fsp3) is 0.381.